The second-order valence-electron chi connectivity index (χ2n) is 4.05. The first-order valence-corrected chi connectivity index (χ1v) is 7.60. The predicted octanol–water partition coefficient (Wildman–Crippen LogP) is 1.42. The molecule has 0 rings (SSSR count). The molecule has 0 aliphatic rings. The van der Waals surface area contributed by atoms with Crippen LogP contribution < -0.4 is 0 Å². The summed E-state index contributed by atoms with van der Waals surface area (Å²) < 4.78 is 0. The van der Waals surface area contributed by atoms with Crippen LogP contribution in [-0.2, 0) is 9.59 Å². The first kappa shape index (κ1) is 11.9. The summed E-state index contributed by atoms with van der Waals surface area (Å²) in [7, 11) is -1.56. The van der Waals surface area contributed by atoms with Crippen molar-refractivity contribution in [3.8, 4) is 0 Å². The average molecular weight is 202 g/mol. The van der Waals surface area contributed by atoms with E-state index in [9.17, 15) is 9.59 Å². The maximum Gasteiger partial charge on any atom is 0.331 e. The largest absolute Gasteiger partial charge is 0.478 e. The van der Waals surface area contributed by atoms with E-state index in [1.54, 1.807) is 0 Å². The van der Waals surface area contributed by atoms with Crippen LogP contribution in [0.25, 0.3) is 0 Å². The van der Waals surface area contributed by atoms with E-state index < -0.39 is 20.0 Å². The van der Waals surface area contributed by atoms with Gasteiger partial charge in [-0.1, -0.05) is 19.6 Å². The molecular weight excluding hydrogens is 188 g/mol. The molecule has 0 amide bonds. The van der Waals surface area contributed by atoms with E-state index in [0.717, 1.165) is 6.08 Å². The number of carboxylic acids is 2. The van der Waals surface area contributed by atoms with Crippen LogP contribution in [0.15, 0.2) is 11.6 Å². The van der Waals surface area contributed by atoms with Gasteiger partial charge in [0.05, 0.1) is 0 Å². The Bertz CT molecular complexity index is 249. The number of rotatable bonds is 4. The van der Waals surface area contributed by atoms with E-state index in [1.165, 1.54) is 0 Å². The summed E-state index contributed by atoms with van der Waals surface area (Å²) in [5, 5.41) is 17.1. The first-order valence-electron chi connectivity index (χ1n) is 3.89. The fraction of sp³-hybridized carbons (Fsp3) is 0.500. The Balaban J connectivity index is 4.65. The van der Waals surface area contributed by atoms with Crippen molar-refractivity contribution in [3.63, 3.8) is 0 Å². The molecule has 0 aromatic rings. The molecule has 0 aliphatic heterocycles. The molecule has 0 aliphatic carbocycles. The lowest BCUT2D eigenvalue weighted by Gasteiger charge is -2.15. The Labute approximate surface area is 77.9 Å². The summed E-state index contributed by atoms with van der Waals surface area (Å²) in [4.78, 5) is 20.9. The van der Waals surface area contributed by atoms with E-state index in [-0.39, 0.29) is 5.57 Å². The molecule has 4 nitrogen and oxygen atoms in total. The summed E-state index contributed by atoms with van der Waals surface area (Å²) in [5.74, 6) is -2.33. The lowest BCUT2D eigenvalue weighted by Crippen LogP contribution is -2.23. The van der Waals surface area contributed by atoms with Crippen LogP contribution in [-0.4, -0.2) is 30.2 Å². The van der Waals surface area contributed by atoms with Gasteiger partial charge in [0.25, 0.3) is 0 Å². The third-order valence-corrected chi connectivity index (χ3v) is 2.73. The van der Waals surface area contributed by atoms with Gasteiger partial charge >= 0.3 is 11.9 Å². The minimum absolute atomic E-state index is 0.00772. The number of carboxylic acid groups (broad SMARTS) is 2. The highest BCUT2D eigenvalue weighted by atomic mass is 28.3. The van der Waals surface area contributed by atoms with Crippen LogP contribution in [0, 0.1) is 0 Å². The van der Waals surface area contributed by atoms with Gasteiger partial charge in [-0.25, -0.2) is 9.59 Å². The van der Waals surface area contributed by atoms with E-state index in [0.29, 0.717) is 6.04 Å². The Hall–Kier alpha value is -1.10. The van der Waals surface area contributed by atoms with Crippen LogP contribution in [0.4, 0.5) is 0 Å². The zero-order valence-electron chi connectivity index (χ0n) is 8.00. The maximum absolute atomic E-state index is 10.6. The van der Waals surface area contributed by atoms with Crippen molar-refractivity contribution in [2.75, 3.05) is 0 Å². The topological polar surface area (TPSA) is 74.6 Å². The van der Waals surface area contributed by atoms with Crippen LogP contribution >= 0.6 is 0 Å². The molecule has 2 N–H and O–H groups in total. The molecule has 0 heterocycles. The fourth-order valence-electron chi connectivity index (χ4n) is 0.909. The molecule has 0 saturated heterocycles. The molecular formula is C8H14O4Si. The molecule has 0 unspecified atom stereocenters. The third kappa shape index (κ3) is 6.09. The lowest BCUT2D eigenvalue weighted by molar-refractivity contribution is -0.135. The van der Waals surface area contributed by atoms with E-state index in [2.05, 4.69) is 0 Å². The van der Waals surface area contributed by atoms with Crippen molar-refractivity contribution in [2.45, 2.75) is 25.7 Å². The van der Waals surface area contributed by atoms with Crippen molar-refractivity contribution in [1.82, 2.24) is 0 Å². The quantitative estimate of drug-likeness (QED) is 0.534. The van der Waals surface area contributed by atoms with E-state index in [1.807, 2.05) is 19.6 Å². The van der Waals surface area contributed by atoms with E-state index >= 15 is 0 Å². The van der Waals surface area contributed by atoms with Crippen LogP contribution in [0.2, 0.25) is 25.7 Å². The van der Waals surface area contributed by atoms with Gasteiger partial charge in [0.1, 0.15) is 0 Å². The SMILES string of the molecule is C[Si](C)(C)C/C(=C/C(=O)O)C(=O)O. The summed E-state index contributed by atoms with van der Waals surface area (Å²) in [6.45, 7) is 5.98. The van der Waals surface area contributed by atoms with Gasteiger partial charge in [-0.05, 0) is 6.04 Å². The van der Waals surface area contributed by atoms with Gasteiger partial charge in [-0.2, -0.15) is 0 Å². The van der Waals surface area contributed by atoms with Gasteiger partial charge in [0.2, 0.25) is 0 Å². The second-order valence-corrected chi connectivity index (χ2v) is 9.53. The van der Waals surface area contributed by atoms with Gasteiger partial charge in [0.15, 0.2) is 0 Å². The highest BCUT2D eigenvalue weighted by molar-refractivity contribution is 6.77. The molecule has 0 bridgehead atoms. The molecule has 0 fully saturated rings. The van der Waals surface area contributed by atoms with E-state index in [4.69, 9.17) is 10.2 Å². The zero-order chi connectivity index (χ0) is 10.6. The molecule has 0 spiro atoms. The minimum atomic E-state index is -1.56. The van der Waals surface area contributed by atoms with Gasteiger partial charge in [-0.15, -0.1) is 0 Å². The molecule has 5 heteroatoms. The monoisotopic (exact) mass is 202 g/mol. The highest BCUT2D eigenvalue weighted by Crippen LogP contribution is 2.16. The van der Waals surface area contributed by atoms with Crippen molar-refractivity contribution in [3.05, 3.63) is 11.6 Å². The van der Waals surface area contributed by atoms with Gasteiger partial charge in [-0.3, -0.25) is 0 Å². The summed E-state index contributed by atoms with van der Waals surface area (Å²) >= 11 is 0. The normalized spacial score (nSPS) is 12.7. The minimum Gasteiger partial charge on any atom is -0.478 e. The molecule has 74 valence electrons. The number of hydrogen-bond acceptors (Lipinski definition) is 2. The smallest absolute Gasteiger partial charge is 0.331 e. The zero-order valence-corrected chi connectivity index (χ0v) is 9.00. The Morgan fingerprint density at radius 2 is 1.69 bits per heavy atom. The lowest BCUT2D eigenvalue weighted by atomic mass is 10.3. The average Bonchev–Trinajstić information content (AvgIpc) is 1.81. The molecule has 0 atom stereocenters. The number of hydrogen-bond donors (Lipinski definition) is 2. The summed E-state index contributed by atoms with van der Waals surface area (Å²) in [5.41, 5.74) is -0.00772. The van der Waals surface area contributed by atoms with Gasteiger partial charge in [0, 0.05) is 19.7 Å². The van der Waals surface area contributed by atoms with Crippen molar-refractivity contribution >= 4 is 20.0 Å². The number of carbonyl (C=O) groups is 2. The molecule has 0 radical (unpaired) electrons. The van der Waals surface area contributed by atoms with Crippen molar-refractivity contribution in [2.24, 2.45) is 0 Å². The van der Waals surface area contributed by atoms with Crippen LogP contribution in [0.1, 0.15) is 0 Å². The second kappa shape index (κ2) is 4.22. The fourth-order valence-corrected chi connectivity index (χ4v) is 2.30. The predicted molar refractivity (Wildman–Crippen MR) is 51.5 cm³/mol. The molecule has 0 aromatic carbocycles. The molecule has 0 aromatic heterocycles. The van der Waals surface area contributed by atoms with Crippen LogP contribution in [0.3, 0.4) is 0 Å². The maximum atomic E-state index is 10.6. The molecule has 13 heavy (non-hydrogen) atoms. The molecule has 0 saturated carbocycles. The standard InChI is InChI=1S/C8H14O4Si/c1-13(2,3)5-6(8(11)12)4-7(9)10/h4H,5H2,1-3H3,(H,9,10)(H,11,12)/b6-4-. The van der Waals surface area contributed by atoms with Crippen molar-refractivity contribution in [1.29, 1.82) is 0 Å². The highest BCUT2D eigenvalue weighted by Gasteiger charge is 2.20. The van der Waals surface area contributed by atoms with Crippen molar-refractivity contribution < 1.29 is 19.8 Å². The Morgan fingerprint density at radius 1 is 1.23 bits per heavy atom. The van der Waals surface area contributed by atoms with Gasteiger partial charge < -0.3 is 10.2 Å². The Morgan fingerprint density at radius 3 is 1.92 bits per heavy atom. The summed E-state index contributed by atoms with van der Waals surface area (Å²) in [6, 6.07) is 0.384. The number of aliphatic carboxylic acids is 2. The van der Waals surface area contributed by atoms with Crippen LogP contribution in [0.5, 0.6) is 0 Å². The first-order chi connectivity index (χ1) is 5.72. The Kier molecular flexibility index (Phi) is 3.87. The summed E-state index contributed by atoms with van der Waals surface area (Å²) in [6.07, 6.45) is 0.778. The third-order valence-electron chi connectivity index (χ3n) is 1.29.